The van der Waals surface area contributed by atoms with Gasteiger partial charge in [0.05, 0.1) is 44.7 Å². The molecule has 6 unspecified atom stereocenters. The second-order valence-corrected chi connectivity index (χ2v) is 13.1. The number of carbonyl (C=O) groups is 2. The van der Waals surface area contributed by atoms with E-state index < -0.39 is 29.9 Å². The van der Waals surface area contributed by atoms with Crippen LogP contribution in [0.15, 0.2) is 47.7 Å². The van der Waals surface area contributed by atoms with E-state index in [1.165, 1.54) is 7.11 Å². The van der Waals surface area contributed by atoms with E-state index in [0.29, 0.717) is 36.6 Å². The molecule has 1 fully saturated rings. The second kappa shape index (κ2) is 20.5. The lowest BCUT2D eigenvalue weighted by Gasteiger charge is -2.59. The third-order valence-electron chi connectivity index (χ3n) is 9.97. The molecule has 0 bridgehead atoms. The van der Waals surface area contributed by atoms with Gasteiger partial charge in [-0.05, 0) is 75.1 Å². The molecule has 1 aliphatic heterocycles. The molecule has 3 aliphatic rings. The molecule has 0 aromatic heterocycles. The molecular weight excluding hydrogens is 674 g/mol. The highest BCUT2D eigenvalue weighted by atomic mass is 16.7. The van der Waals surface area contributed by atoms with Crippen LogP contribution in [-0.2, 0) is 19.0 Å². The average Bonchev–Trinajstić information content (AvgIpc) is 3.13. The summed E-state index contributed by atoms with van der Waals surface area (Å²) in [7, 11) is 1.48. The molecule has 1 aromatic rings. The first-order valence-corrected chi connectivity index (χ1v) is 18.5. The molecule has 0 radical (unpaired) electrons. The molecule has 1 heterocycles. The number of hydrogen-bond donors (Lipinski definition) is 4. The standard InChI is InChI=1S/C38H57N3O11/c1-5-20-50-38-33(41(37(46)49-7-3)16-21-48-22-19-44)25-31(40-47-4)29-23-26(12-8-10-17-42)28(13-9-11-18-43)34(35(29)38)30-24-27(14-15-32(30)52-38)51-36(45)39-6-2/h5,14-15,23-24,26,28,33-35,42-44H,1,6-13,16-22,25H2,2-4H3,(H,39,45). The number of hydrogen-bond acceptors (Lipinski definition) is 12. The van der Waals surface area contributed by atoms with Gasteiger partial charge in [0.25, 0.3) is 0 Å². The Balaban J connectivity index is 2.00. The molecule has 290 valence electrons. The molecule has 1 aromatic carbocycles. The highest BCUT2D eigenvalue weighted by molar-refractivity contribution is 6.03. The van der Waals surface area contributed by atoms with Crippen LogP contribution in [0.1, 0.15) is 70.3 Å². The van der Waals surface area contributed by atoms with Gasteiger partial charge in [-0.25, -0.2) is 9.59 Å². The highest BCUT2D eigenvalue weighted by Gasteiger charge is 2.65. The van der Waals surface area contributed by atoms with Crippen molar-refractivity contribution in [3.8, 4) is 11.5 Å². The van der Waals surface area contributed by atoms with Crippen LogP contribution in [-0.4, -0.2) is 116 Å². The van der Waals surface area contributed by atoms with Crippen molar-refractivity contribution < 1.29 is 53.4 Å². The SMILES string of the molecule is C=CCOC12Oc3ccc(OC(=O)NCC)cc3C3C(CCCCO)C(CCCCO)C=C(C(=NOC)CC1N(CCOCCO)C(=O)OCC)C32. The summed E-state index contributed by atoms with van der Waals surface area (Å²) >= 11 is 0. The fraction of sp³-hybridized carbons (Fsp3) is 0.658. The molecule has 0 saturated heterocycles. The van der Waals surface area contributed by atoms with Gasteiger partial charge in [0.15, 0.2) is 0 Å². The van der Waals surface area contributed by atoms with Crippen LogP contribution in [0.4, 0.5) is 9.59 Å². The van der Waals surface area contributed by atoms with Crippen LogP contribution in [0.25, 0.3) is 0 Å². The largest absolute Gasteiger partial charge is 0.459 e. The van der Waals surface area contributed by atoms with Crippen molar-refractivity contribution in [1.82, 2.24) is 10.2 Å². The molecular formula is C38H57N3O11. The molecule has 52 heavy (non-hydrogen) atoms. The zero-order valence-corrected chi connectivity index (χ0v) is 30.8. The van der Waals surface area contributed by atoms with Gasteiger partial charge in [0, 0.05) is 44.2 Å². The maximum absolute atomic E-state index is 13.9. The molecule has 14 nitrogen and oxygen atoms in total. The number of amides is 2. The third-order valence-corrected chi connectivity index (χ3v) is 9.97. The first-order valence-electron chi connectivity index (χ1n) is 18.5. The minimum atomic E-state index is -1.47. The van der Waals surface area contributed by atoms with Crippen LogP contribution in [0.3, 0.4) is 0 Å². The van der Waals surface area contributed by atoms with E-state index in [1.54, 1.807) is 30.0 Å². The number of rotatable bonds is 21. The number of carbonyl (C=O) groups excluding carboxylic acids is 2. The Kier molecular flexibility index (Phi) is 16.2. The Morgan fingerprint density at radius 1 is 1.10 bits per heavy atom. The van der Waals surface area contributed by atoms with Crippen molar-refractivity contribution in [2.75, 3.05) is 66.4 Å². The van der Waals surface area contributed by atoms with E-state index in [9.17, 15) is 24.9 Å². The van der Waals surface area contributed by atoms with Crippen molar-refractivity contribution in [1.29, 1.82) is 0 Å². The number of ether oxygens (including phenoxy) is 5. The molecule has 6 atom stereocenters. The topological polar surface area (TPSA) is 178 Å². The van der Waals surface area contributed by atoms with Gasteiger partial charge in [-0.15, -0.1) is 6.58 Å². The van der Waals surface area contributed by atoms with E-state index >= 15 is 0 Å². The molecule has 4 rings (SSSR count). The quantitative estimate of drug-likeness (QED) is 0.0794. The summed E-state index contributed by atoms with van der Waals surface area (Å²) in [5.74, 6) is -1.37. The van der Waals surface area contributed by atoms with Crippen LogP contribution < -0.4 is 14.8 Å². The van der Waals surface area contributed by atoms with Crippen molar-refractivity contribution in [2.45, 2.75) is 76.5 Å². The van der Waals surface area contributed by atoms with Gasteiger partial charge in [-0.1, -0.05) is 30.1 Å². The van der Waals surface area contributed by atoms with E-state index in [4.69, 9.17) is 28.5 Å². The summed E-state index contributed by atoms with van der Waals surface area (Å²) in [4.78, 5) is 33.4. The Labute approximate surface area is 306 Å². The minimum Gasteiger partial charge on any atom is -0.459 e. The molecule has 2 aliphatic carbocycles. The number of oxime groups is 1. The van der Waals surface area contributed by atoms with Crippen LogP contribution in [0.5, 0.6) is 11.5 Å². The van der Waals surface area contributed by atoms with Crippen molar-refractivity contribution >= 4 is 17.9 Å². The summed E-state index contributed by atoms with van der Waals surface area (Å²) in [6, 6.07) is 4.52. The van der Waals surface area contributed by atoms with Gasteiger partial charge in [0.1, 0.15) is 24.7 Å². The maximum Gasteiger partial charge on any atom is 0.412 e. The normalized spacial score (nSPS) is 25.2. The summed E-state index contributed by atoms with van der Waals surface area (Å²) in [5.41, 5.74) is 2.33. The Morgan fingerprint density at radius 3 is 2.54 bits per heavy atom. The summed E-state index contributed by atoms with van der Waals surface area (Å²) in [5, 5.41) is 36.1. The van der Waals surface area contributed by atoms with Crippen LogP contribution >= 0.6 is 0 Å². The summed E-state index contributed by atoms with van der Waals surface area (Å²) in [6.07, 6.45) is 7.31. The van der Waals surface area contributed by atoms with E-state index in [-0.39, 0.29) is 77.0 Å². The van der Waals surface area contributed by atoms with Gasteiger partial charge < -0.3 is 49.2 Å². The lowest BCUT2D eigenvalue weighted by molar-refractivity contribution is -0.256. The summed E-state index contributed by atoms with van der Waals surface area (Å²) in [6.45, 7) is 8.44. The second-order valence-electron chi connectivity index (χ2n) is 13.1. The van der Waals surface area contributed by atoms with E-state index in [1.807, 2.05) is 13.0 Å². The predicted octanol–water partition coefficient (Wildman–Crippen LogP) is 4.53. The predicted molar refractivity (Wildman–Crippen MR) is 193 cm³/mol. The fourth-order valence-corrected chi connectivity index (χ4v) is 8.02. The number of unbranched alkanes of at least 4 members (excludes halogenated alkanes) is 2. The van der Waals surface area contributed by atoms with Crippen molar-refractivity contribution in [3.63, 3.8) is 0 Å². The van der Waals surface area contributed by atoms with E-state index in [0.717, 1.165) is 36.8 Å². The Hall–Kier alpha value is -3.69. The zero-order chi connectivity index (χ0) is 37.5. The smallest absolute Gasteiger partial charge is 0.412 e. The molecule has 4 N–H and O–H groups in total. The number of nitrogens with one attached hydrogen (secondary N) is 1. The number of allylic oxidation sites excluding steroid dienone is 1. The number of aliphatic hydroxyl groups is 3. The fourth-order valence-electron chi connectivity index (χ4n) is 8.02. The van der Waals surface area contributed by atoms with Gasteiger partial charge >= 0.3 is 12.2 Å². The monoisotopic (exact) mass is 731 g/mol. The maximum atomic E-state index is 13.9. The lowest BCUT2D eigenvalue weighted by Crippen LogP contribution is -2.70. The number of nitrogens with zero attached hydrogens (tertiary/aromatic N) is 2. The minimum absolute atomic E-state index is 0.000423. The Morgan fingerprint density at radius 2 is 1.87 bits per heavy atom. The van der Waals surface area contributed by atoms with Crippen LogP contribution in [0.2, 0.25) is 0 Å². The van der Waals surface area contributed by atoms with Crippen LogP contribution in [0, 0.1) is 17.8 Å². The van der Waals surface area contributed by atoms with Crippen molar-refractivity contribution in [2.24, 2.45) is 22.9 Å². The number of benzene rings is 1. The summed E-state index contributed by atoms with van der Waals surface area (Å²) < 4.78 is 30.9. The molecule has 2 amide bonds. The van der Waals surface area contributed by atoms with Crippen molar-refractivity contribution in [3.05, 3.63) is 48.1 Å². The number of aliphatic hydroxyl groups excluding tert-OH is 3. The highest BCUT2D eigenvalue weighted by Crippen LogP contribution is 2.61. The zero-order valence-electron chi connectivity index (χ0n) is 30.8. The number of fused-ring (bicyclic) bond motifs is 2. The lowest BCUT2D eigenvalue weighted by atomic mass is 9.55. The van der Waals surface area contributed by atoms with Gasteiger partial charge in [-0.3, -0.25) is 4.90 Å². The third kappa shape index (κ3) is 9.45. The first kappa shape index (κ1) is 41.1. The van der Waals surface area contributed by atoms with Gasteiger partial charge in [0.2, 0.25) is 5.79 Å². The van der Waals surface area contributed by atoms with E-state index in [2.05, 4.69) is 23.1 Å². The van der Waals surface area contributed by atoms with Gasteiger partial charge in [-0.2, -0.15) is 0 Å². The molecule has 14 heteroatoms. The molecule has 1 saturated carbocycles. The first-order chi connectivity index (χ1) is 25.3. The Bertz CT molecular complexity index is 1390. The molecule has 0 spiro atoms. The average molecular weight is 732 g/mol.